The Morgan fingerprint density at radius 1 is 1.30 bits per heavy atom. The Morgan fingerprint density at radius 3 is 2.57 bits per heavy atom. The minimum Gasteiger partial charge on any atom is -0.480 e. The summed E-state index contributed by atoms with van der Waals surface area (Å²) in [6.07, 6.45) is 1.91. The van der Waals surface area contributed by atoms with E-state index in [1.807, 2.05) is 0 Å². The van der Waals surface area contributed by atoms with Crippen LogP contribution >= 0.6 is 11.8 Å². The number of fused-ring (bicyclic) bond motifs is 1. The Balaban J connectivity index is 2.29. The highest BCUT2D eigenvalue weighted by molar-refractivity contribution is 7.98. The number of thioether (sulfide) groups is 1. The van der Waals surface area contributed by atoms with Crippen molar-refractivity contribution < 1.29 is 27.9 Å². The van der Waals surface area contributed by atoms with Gasteiger partial charge in [-0.25, -0.2) is 8.42 Å². The molecule has 1 atom stereocenters. The van der Waals surface area contributed by atoms with E-state index >= 15 is 0 Å². The minimum absolute atomic E-state index is 0.0473. The molecule has 1 aromatic carbocycles. The van der Waals surface area contributed by atoms with Crippen LogP contribution in [0, 0.1) is 0 Å². The lowest BCUT2D eigenvalue weighted by Gasteiger charge is -2.14. The normalized spacial score (nSPS) is 15.2. The monoisotopic (exact) mass is 358 g/mol. The summed E-state index contributed by atoms with van der Waals surface area (Å²) in [4.78, 5) is 33.9. The zero-order chi connectivity index (χ0) is 17.2. The van der Waals surface area contributed by atoms with Crippen LogP contribution < -0.4 is 10.0 Å². The summed E-state index contributed by atoms with van der Waals surface area (Å²) in [5.74, 6) is -2.08. The topological polar surface area (TPSA) is 130 Å². The largest absolute Gasteiger partial charge is 0.480 e. The van der Waals surface area contributed by atoms with Gasteiger partial charge in [-0.15, -0.1) is 0 Å². The van der Waals surface area contributed by atoms with E-state index in [1.54, 1.807) is 6.26 Å². The molecule has 3 N–H and O–H groups in total. The molecular formula is C13H14N2O6S2. The van der Waals surface area contributed by atoms with Gasteiger partial charge in [0.25, 0.3) is 11.8 Å². The highest BCUT2D eigenvalue weighted by Crippen LogP contribution is 2.20. The van der Waals surface area contributed by atoms with Crippen molar-refractivity contribution in [3.05, 3.63) is 29.3 Å². The zero-order valence-corrected chi connectivity index (χ0v) is 13.7. The predicted molar refractivity (Wildman–Crippen MR) is 83.0 cm³/mol. The van der Waals surface area contributed by atoms with Gasteiger partial charge < -0.3 is 5.11 Å². The molecule has 124 valence electrons. The number of carbonyl (C=O) groups excluding carboxylic acids is 2. The zero-order valence-electron chi connectivity index (χ0n) is 12.0. The van der Waals surface area contributed by atoms with Crippen LogP contribution in [0.15, 0.2) is 23.1 Å². The van der Waals surface area contributed by atoms with Gasteiger partial charge in [0.1, 0.15) is 6.04 Å². The van der Waals surface area contributed by atoms with Crippen LogP contribution in [0.25, 0.3) is 0 Å². The molecule has 8 nitrogen and oxygen atoms in total. The summed E-state index contributed by atoms with van der Waals surface area (Å²) < 4.78 is 26.7. The van der Waals surface area contributed by atoms with E-state index in [-0.39, 0.29) is 22.4 Å². The number of hydrogen-bond acceptors (Lipinski definition) is 6. The highest BCUT2D eigenvalue weighted by Gasteiger charge is 2.30. The predicted octanol–water partition coefficient (Wildman–Crippen LogP) is 0.0548. The fourth-order valence-corrected chi connectivity index (χ4v) is 3.76. The van der Waals surface area contributed by atoms with Gasteiger partial charge >= 0.3 is 5.97 Å². The van der Waals surface area contributed by atoms with Crippen LogP contribution in [0.1, 0.15) is 27.1 Å². The van der Waals surface area contributed by atoms with Crippen LogP contribution in [-0.4, -0.2) is 49.4 Å². The maximum Gasteiger partial charge on any atom is 0.321 e. The van der Waals surface area contributed by atoms with Crippen molar-refractivity contribution in [3.8, 4) is 0 Å². The quantitative estimate of drug-likeness (QED) is 0.587. The van der Waals surface area contributed by atoms with E-state index in [9.17, 15) is 22.8 Å². The van der Waals surface area contributed by atoms with Gasteiger partial charge in [0.15, 0.2) is 0 Å². The summed E-state index contributed by atoms with van der Waals surface area (Å²) >= 11 is 1.40. The van der Waals surface area contributed by atoms with Crippen molar-refractivity contribution >= 4 is 39.6 Å². The Bertz CT molecular complexity index is 775. The fraction of sp³-hybridized carbons (Fsp3) is 0.308. The average Bonchev–Trinajstić information content (AvgIpc) is 2.77. The molecule has 1 heterocycles. The lowest BCUT2D eigenvalue weighted by molar-refractivity contribution is -0.139. The first-order valence-corrected chi connectivity index (χ1v) is 9.38. The third kappa shape index (κ3) is 3.71. The Hall–Kier alpha value is -1.91. The number of carboxylic acids is 1. The molecular weight excluding hydrogens is 344 g/mol. The molecule has 2 rings (SSSR count). The summed E-state index contributed by atoms with van der Waals surface area (Å²) in [5, 5.41) is 11.2. The first-order chi connectivity index (χ1) is 10.8. The van der Waals surface area contributed by atoms with Crippen molar-refractivity contribution in [2.75, 3.05) is 12.0 Å². The molecule has 0 fully saturated rings. The number of aliphatic carboxylic acids is 1. The average molecular weight is 358 g/mol. The van der Waals surface area contributed by atoms with Crippen molar-refractivity contribution in [2.24, 2.45) is 0 Å². The maximum atomic E-state index is 12.3. The van der Waals surface area contributed by atoms with Crippen LogP contribution in [0.2, 0.25) is 0 Å². The lowest BCUT2D eigenvalue weighted by atomic mass is 10.1. The van der Waals surface area contributed by atoms with Crippen molar-refractivity contribution in [2.45, 2.75) is 17.4 Å². The number of carbonyl (C=O) groups is 3. The van der Waals surface area contributed by atoms with Gasteiger partial charge in [-0.3, -0.25) is 19.7 Å². The van der Waals surface area contributed by atoms with Gasteiger partial charge in [-0.05, 0) is 36.6 Å². The lowest BCUT2D eigenvalue weighted by Crippen LogP contribution is -2.41. The van der Waals surface area contributed by atoms with E-state index in [0.717, 1.165) is 12.1 Å². The summed E-state index contributed by atoms with van der Waals surface area (Å²) in [6, 6.07) is 2.18. The first-order valence-electron chi connectivity index (χ1n) is 6.50. The molecule has 10 heteroatoms. The third-order valence-corrected chi connectivity index (χ3v) is 5.34. The second kappa shape index (κ2) is 6.69. The second-order valence-corrected chi connectivity index (χ2v) is 7.48. The van der Waals surface area contributed by atoms with E-state index in [0.29, 0.717) is 5.75 Å². The number of sulfonamides is 1. The molecule has 1 aliphatic rings. The maximum absolute atomic E-state index is 12.3. The van der Waals surface area contributed by atoms with Crippen molar-refractivity contribution in [1.29, 1.82) is 0 Å². The number of carboxylic acid groups (broad SMARTS) is 1. The number of amides is 2. The molecule has 0 saturated carbocycles. The molecule has 0 saturated heterocycles. The number of rotatable bonds is 7. The van der Waals surface area contributed by atoms with E-state index < -0.39 is 33.8 Å². The standard InChI is InChI=1S/C13H14N2O6S2/c1-22-5-4-10(13(18)19)15-23(20,21)7-2-3-8-9(6-7)12(17)14-11(8)16/h2-3,6,10,15H,4-5H2,1H3,(H,18,19)(H,14,16,17). The van der Waals surface area contributed by atoms with Crippen LogP contribution in [0.5, 0.6) is 0 Å². The molecule has 0 spiro atoms. The van der Waals surface area contributed by atoms with Crippen LogP contribution in [-0.2, 0) is 14.8 Å². The van der Waals surface area contributed by atoms with E-state index in [4.69, 9.17) is 5.11 Å². The van der Waals surface area contributed by atoms with E-state index in [1.165, 1.54) is 17.8 Å². The molecule has 0 radical (unpaired) electrons. The van der Waals surface area contributed by atoms with E-state index in [2.05, 4.69) is 10.0 Å². The Kier molecular flexibility index (Phi) is 5.07. The van der Waals surface area contributed by atoms with Gasteiger partial charge in [0, 0.05) is 0 Å². The van der Waals surface area contributed by atoms with Gasteiger partial charge in [-0.2, -0.15) is 16.5 Å². The third-order valence-electron chi connectivity index (χ3n) is 3.22. The molecule has 2 amide bonds. The molecule has 0 aliphatic carbocycles. The molecule has 1 aliphatic heterocycles. The Labute approximate surface area is 136 Å². The SMILES string of the molecule is CSCCC(NS(=O)(=O)c1ccc2c(c1)C(=O)NC2=O)C(=O)O. The number of nitrogens with one attached hydrogen (secondary N) is 2. The fourth-order valence-electron chi connectivity index (χ4n) is 2.04. The van der Waals surface area contributed by atoms with Gasteiger partial charge in [0.05, 0.1) is 16.0 Å². The minimum atomic E-state index is -4.13. The number of hydrogen-bond donors (Lipinski definition) is 3. The van der Waals surface area contributed by atoms with Crippen molar-refractivity contribution in [3.63, 3.8) is 0 Å². The molecule has 1 aromatic rings. The second-order valence-electron chi connectivity index (χ2n) is 4.78. The summed E-state index contributed by atoms with van der Waals surface area (Å²) in [7, 11) is -4.13. The first kappa shape index (κ1) is 17.4. The highest BCUT2D eigenvalue weighted by atomic mass is 32.2. The summed E-state index contributed by atoms with van der Waals surface area (Å²) in [6.45, 7) is 0. The van der Waals surface area contributed by atoms with Crippen molar-refractivity contribution in [1.82, 2.24) is 10.0 Å². The smallest absolute Gasteiger partial charge is 0.321 e. The van der Waals surface area contributed by atoms with Gasteiger partial charge in [0.2, 0.25) is 10.0 Å². The molecule has 0 bridgehead atoms. The Morgan fingerprint density at radius 2 is 1.96 bits per heavy atom. The van der Waals surface area contributed by atoms with Crippen LogP contribution in [0.4, 0.5) is 0 Å². The number of benzene rings is 1. The summed E-state index contributed by atoms with van der Waals surface area (Å²) in [5.41, 5.74) is 0.0416. The van der Waals surface area contributed by atoms with Gasteiger partial charge in [-0.1, -0.05) is 0 Å². The molecule has 0 aromatic heterocycles. The molecule has 23 heavy (non-hydrogen) atoms. The molecule has 1 unspecified atom stereocenters. The number of imide groups is 1. The van der Waals surface area contributed by atoms with Crippen LogP contribution in [0.3, 0.4) is 0 Å².